The van der Waals surface area contributed by atoms with Gasteiger partial charge in [-0.25, -0.2) is 0 Å². The average Bonchev–Trinajstić information content (AvgIpc) is 2.65. The summed E-state index contributed by atoms with van der Waals surface area (Å²) in [4.78, 5) is 0. The van der Waals surface area contributed by atoms with Gasteiger partial charge in [0.05, 0.1) is 5.02 Å². The van der Waals surface area contributed by atoms with E-state index in [0.29, 0.717) is 17.7 Å². The monoisotopic (exact) mass is 281 g/mol. The number of benzene rings is 1. The van der Waals surface area contributed by atoms with Gasteiger partial charge in [0, 0.05) is 12.6 Å². The van der Waals surface area contributed by atoms with Gasteiger partial charge in [-0.3, -0.25) is 0 Å². The molecule has 0 aliphatic heterocycles. The van der Waals surface area contributed by atoms with Crippen molar-refractivity contribution in [2.75, 3.05) is 13.2 Å². The molecule has 2 nitrogen and oxygen atoms in total. The number of rotatable bonds is 5. The Hall–Kier alpha value is -0.730. The zero-order valence-corrected chi connectivity index (χ0v) is 12.5. The molecule has 19 heavy (non-hydrogen) atoms. The van der Waals surface area contributed by atoms with Crippen LogP contribution in [-0.2, 0) is 0 Å². The van der Waals surface area contributed by atoms with Crippen molar-refractivity contribution >= 4 is 11.6 Å². The maximum Gasteiger partial charge on any atom is 0.137 e. The second-order valence-electron chi connectivity index (χ2n) is 5.42. The van der Waals surface area contributed by atoms with Gasteiger partial charge in [-0.15, -0.1) is 0 Å². The molecule has 1 N–H and O–H groups in total. The molecule has 1 aromatic carbocycles. The number of aryl methyl sites for hydroxylation is 1. The molecule has 0 radical (unpaired) electrons. The Morgan fingerprint density at radius 1 is 1.21 bits per heavy atom. The maximum atomic E-state index is 6.13. The molecule has 0 bridgehead atoms. The van der Waals surface area contributed by atoms with E-state index in [1.807, 2.05) is 25.1 Å². The molecule has 0 saturated heterocycles. The van der Waals surface area contributed by atoms with Crippen LogP contribution >= 0.6 is 11.6 Å². The molecule has 0 aromatic heterocycles. The van der Waals surface area contributed by atoms with Gasteiger partial charge in [0.25, 0.3) is 0 Å². The lowest BCUT2D eigenvalue weighted by Gasteiger charge is -2.16. The van der Waals surface area contributed by atoms with Crippen molar-refractivity contribution in [3.05, 3.63) is 28.8 Å². The number of nitrogens with one attached hydrogen (secondary N) is 1. The third kappa shape index (κ3) is 5.04. The van der Waals surface area contributed by atoms with Gasteiger partial charge in [-0.1, -0.05) is 43.4 Å². The fourth-order valence-electron chi connectivity index (χ4n) is 2.63. The van der Waals surface area contributed by atoms with Crippen molar-refractivity contribution in [3.63, 3.8) is 0 Å². The summed E-state index contributed by atoms with van der Waals surface area (Å²) in [5.41, 5.74) is 1.16. The Morgan fingerprint density at radius 3 is 2.63 bits per heavy atom. The first-order valence-corrected chi connectivity index (χ1v) is 7.76. The van der Waals surface area contributed by atoms with Gasteiger partial charge in [-0.05, 0) is 37.5 Å². The molecule has 1 aliphatic carbocycles. The molecular weight excluding hydrogens is 258 g/mol. The van der Waals surface area contributed by atoms with Crippen molar-refractivity contribution in [1.29, 1.82) is 0 Å². The number of halogens is 1. The van der Waals surface area contributed by atoms with Gasteiger partial charge in [-0.2, -0.15) is 0 Å². The van der Waals surface area contributed by atoms with Crippen LogP contribution in [-0.4, -0.2) is 19.2 Å². The van der Waals surface area contributed by atoms with Crippen molar-refractivity contribution in [2.24, 2.45) is 0 Å². The third-order valence-electron chi connectivity index (χ3n) is 3.74. The van der Waals surface area contributed by atoms with Crippen LogP contribution in [0.15, 0.2) is 18.2 Å². The quantitative estimate of drug-likeness (QED) is 0.640. The third-order valence-corrected chi connectivity index (χ3v) is 4.03. The fourth-order valence-corrected chi connectivity index (χ4v) is 2.92. The predicted molar refractivity (Wildman–Crippen MR) is 81.2 cm³/mol. The maximum absolute atomic E-state index is 6.13. The van der Waals surface area contributed by atoms with Crippen LogP contribution in [0, 0.1) is 6.92 Å². The highest BCUT2D eigenvalue weighted by molar-refractivity contribution is 6.32. The molecule has 1 fully saturated rings. The number of hydrogen-bond donors (Lipinski definition) is 1. The van der Waals surface area contributed by atoms with Crippen molar-refractivity contribution in [2.45, 2.75) is 51.5 Å². The second-order valence-corrected chi connectivity index (χ2v) is 5.83. The van der Waals surface area contributed by atoms with E-state index in [4.69, 9.17) is 16.3 Å². The number of ether oxygens (including phenoxy) is 1. The van der Waals surface area contributed by atoms with E-state index in [2.05, 4.69) is 5.32 Å². The highest BCUT2D eigenvalue weighted by atomic mass is 35.5. The normalized spacial score (nSPS) is 17.2. The zero-order chi connectivity index (χ0) is 13.5. The Balaban J connectivity index is 1.68. The Bertz CT molecular complexity index is 386. The summed E-state index contributed by atoms with van der Waals surface area (Å²) >= 11 is 6.13. The molecule has 1 aromatic rings. The Kier molecular flexibility index (Phi) is 5.99. The van der Waals surface area contributed by atoms with Crippen LogP contribution in [0.25, 0.3) is 0 Å². The zero-order valence-electron chi connectivity index (χ0n) is 11.8. The van der Waals surface area contributed by atoms with E-state index in [1.54, 1.807) is 0 Å². The van der Waals surface area contributed by atoms with Crippen LogP contribution in [0.4, 0.5) is 0 Å². The lowest BCUT2D eigenvalue weighted by molar-refractivity contribution is 0.300. The topological polar surface area (TPSA) is 21.3 Å². The molecule has 3 heteroatoms. The molecular formula is C16H24ClNO. The Labute approximate surface area is 121 Å². The van der Waals surface area contributed by atoms with Crippen molar-refractivity contribution in [3.8, 4) is 5.75 Å². The first-order chi connectivity index (χ1) is 9.25. The first-order valence-electron chi connectivity index (χ1n) is 7.38. The largest absolute Gasteiger partial charge is 0.491 e. The van der Waals surface area contributed by atoms with Gasteiger partial charge < -0.3 is 10.1 Å². The highest BCUT2D eigenvalue weighted by Crippen LogP contribution is 2.25. The van der Waals surface area contributed by atoms with Crippen LogP contribution in [0.5, 0.6) is 5.75 Å². The first kappa shape index (κ1) is 14.7. The fraction of sp³-hybridized carbons (Fsp3) is 0.625. The van der Waals surface area contributed by atoms with E-state index < -0.39 is 0 Å². The summed E-state index contributed by atoms with van der Waals surface area (Å²) in [5.74, 6) is 0.787. The molecule has 0 spiro atoms. The summed E-state index contributed by atoms with van der Waals surface area (Å²) in [6, 6.07) is 6.60. The van der Waals surface area contributed by atoms with Gasteiger partial charge in [0.1, 0.15) is 12.4 Å². The van der Waals surface area contributed by atoms with Crippen LogP contribution < -0.4 is 10.1 Å². The van der Waals surface area contributed by atoms with Gasteiger partial charge in [0.2, 0.25) is 0 Å². The molecule has 2 rings (SSSR count). The van der Waals surface area contributed by atoms with Crippen LogP contribution in [0.1, 0.15) is 44.1 Å². The molecule has 0 unspecified atom stereocenters. The van der Waals surface area contributed by atoms with E-state index in [9.17, 15) is 0 Å². The summed E-state index contributed by atoms with van der Waals surface area (Å²) < 4.78 is 5.72. The van der Waals surface area contributed by atoms with Crippen molar-refractivity contribution in [1.82, 2.24) is 5.32 Å². The van der Waals surface area contributed by atoms with Crippen LogP contribution in [0.2, 0.25) is 5.02 Å². The molecule has 106 valence electrons. The standard InChI is InChI=1S/C16H24ClNO/c1-13-8-9-16(15(17)12-13)19-11-10-18-14-6-4-2-3-5-7-14/h8-9,12,14,18H,2-7,10-11H2,1H3. The predicted octanol–water partition coefficient (Wildman–Crippen LogP) is 4.34. The molecule has 1 aliphatic rings. The summed E-state index contributed by atoms with van der Waals surface area (Å²) in [5, 5.41) is 4.30. The minimum absolute atomic E-state index is 0.680. The molecule has 0 heterocycles. The Morgan fingerprint density at radius 2 is 1.95 bits per heavy atom. The van der Waals surface area contributed by atoms with E-state index >= 15 is 0 Å². The minimum atomic E-state index is 0.680. The summed E-state index contributed by atoms with van der Waals surface area (Å²) in [6.07, 6.45) is 8.14. The minimum Gasteiger partial charge on any atom is -0.491 e. The van der Waals surface area contributed by atoms with E-state index in [0.717, 1.165) is 17.9 Å². The summed E-state index contributed by atoms with van der Waals surface area (Å²) in [7, 11) is 0. The van der Waals surface area contributed by atoms with Crippen molar-refractivity contribution < 1.29 is 4.74 Å². The molecule has 0 amide bonds. The molecule has 1 saturated carbocycles. The van der Waals surface area contributed by atoms with Gasteiger partial charge >= 0.3 is 0 Å². The van der Waals surface area contributed by atoms with Gasteiger partial charge in [0.15, 0.2) is 0 Å². The molecule has 0 atom stereocenters. The highest BCUT2D eigenvalue weighted by Gasteiger charge is 2.11. The second kappa shape index (κ2) is 7.76. The lowest BCUT2D eigenvalue weighted by Crippen LogP contribution is -2.32. The van der Waals surface area contributed by atoms with E-state index in [1.165, 1.54) is 38.5 Å². The van der Waals surface area contributed by atoms with E-state index in [-0.39, 0.29) is 0 Å². The summed E-state index contributed by atoms with van der Waals surface area (Å²) in [6.45, 7) is 3.61. The van der Waals surface area contributed by atoms with Crippen LogP contribution in [0.3, 0.4) is 0 Å². The lowest BCUT2D eigenvalue weighted by atomic mass is 10.1. The number of hydrogen-bond acceptors (Lipinski definition) is 2. The SMILES string of the molecule is Cc1ccc(OCCNC2CCCCCC2)c(Cl)c1. The average molecular weight is 282 g/mol. The smallest absolute Gasteiger partial charge is 0.137 e.